The van der Waals surface area contributed by atoms with Crippen molar-refractivity contribution in [2.75, 3.05) is 7.11 Å². The number of halogens is 1. The predicted octanol–water partition coefficient (Wildman–Crippen LogP) is 5.84. The minimum Gasteiger partial charge on any atom is -0.497 e. The maximum Gasteiger partial charge on any atom is 0.269 e. The Morgan fingerprint density at radius 2 is 1.94 bits per heavy atom. The summed E-state index contributed by atoms with van der Waals surface area (Å²) in [6, 6.07) is 18.9. The molecule has 8 nitrogen and oxygen atoms in total. The quantitative estimate of drug-likeness (QED) is 0.230. The highest BCUT2D eigenvalue weighted by Crippen LogP contribution is 2.32. The van der Waals surface area contributed by atoms with Crippen LogP contribution in [0, 0.1) is 10.1 Å². The van der Waals surface area contributed by atoms with Crippen molar-refractivity contribution in [1.29, 1.82) is 0 Å². The van der Waals surface area contributed by atoms with Crippen LogP contribution >= 0.6 is 27.7 Å². The first kappa shape index (κ1) is 23.5. The molecule has 4 rings (SSSR count). The summed E-state index contributed by atoms with van der Waals surface area (Å²) in [5, 5.41) is 14.2. The van der Waals surface area contributed by atoms with Crippen molar-refractivity contribution >= 4 is 56.2 Å². The van der Waals surface area contributed by atoms with Crippen molar-refractivity contribution in [2.45, 2.75) is 6.61 Å². The normalized spacial score (nSPS) is 15.4. The predicted molar refractivity (Wildman–Crippen MR) is 135 cm³/mol. The molecule has 1 aliphatic heterocycles. The molecule has 3 aromatic rings. The molecule has 1 fully saturated rings. The molecule has 1 N–H and O–H groups in total. The monoisotopic (exact) mass is 539 g/mol. The first-order chi connectivity index (χ1) is 16.4. The Bertz CT molecular complexity index is 1310. The van der Waals surface area contributed by atoms with E-state index in [1.165, 1.54) is 23.9 Å². The molecular formula is C24H18BrN3O5S. The number of thioether (sulfide) groups is 1. The molecule has 0 radical (unpaired) electrons. The number of nitro groups is 1. The number of hydrogen-bond acceptors (Lipinski definition) is 7. The number of nitro benzene ring substituents is 1. The van der Waals surface area contributed by atoms with E-state index in [4.69, 9.17) is 9.47 Å². The average Bonchev–Trinajstić information content (AvgIpc) is 3.17. The fourth-order valence-electron chi connectivity index (χ4n) is 3.08. The highest BCUT2D eigenvalue weighted by molar-refractivity contribution is 9.10. The molecule has 0 unspecified atom stereocenters. The average molecular weight is 540 g/mol. The van der Waals surface area contributed by atoms with Crippen molar-refractivity contribution in [2.24, 2.45) is 4.99 Å². The Hall–Kier alpha value is -3.63. The van der Waals surface area contributed by atoms with E-state index in [0.717, 1.165) is 10.2 Å². The Kier molecular flexibility index (Phi) is 7.29. The molecule has 0 atom stereocenters. The topological polar surface area (TPSA) is 103 Å². The molecule has 1 amide bonds. The number of hydrogen-bond donors (Lipinski definition) is 1. The number of non-ortho nitro benzene ring substituents is 1. The van der Waals surface area contributed by atoms with Gasteiger partial charge in [0, 0.05) is 22.2 Å². The van der Waals surface area contributed by atoms with Gasteiger partial charge in [-0.1, -0.05) is 28.1 Å². The van der Waals surface area contributed by atoms with Crippen LogP contribution in [0.3, 0.4) is 0 Å². The van der Waals surface area contributed by atoms with E-state index in [2.05, 4.69) is 26.2 Å². The number of rotatable bonds is 7. The zero-order valence-corrected chi connectivity index (χ0v) is 20.3. The zero-order valence-electron chi connectivity index (χ0n) is 17.9. The Balaban J connectivity index is 1.53. The number of benzene rings is 3. The molecule has 0 aliphatic carbocycles. The van der Waals surface area contributed by atoms with Crippen LogP contribution in [-0.2, 0) is 11.4 Å². The highest BCUT2D eigenvalue weighted by atomic mass is 79.9. The largest absolute Gasteiger partial charge is 0.497 e. The van der Waals surface area contributed by atoms with Gasteiger partial charge in [-0.05, 0) is 65.9 Å². The Morgan fingerprint density at radius 3 is 2.68 bits per heavy atom. The van der Waals surface area contributed by atoms with Crippen LogP contribution in [0.15, 0.2) is 81.1 Å². The van der Waals surface area contributed by atoms with Crippen molar-refractivity contribution in [3.8, 4) is 11.5 Å². The first-order valence-corrected chi connectivity index (χ1v) is 11.6. The summed E-state index contributed by atoms with van der Waals surface area (Å²) in [7, 11) is 1.59. The van der Waals surface area contributed by atoms with Crippen LogP contribution < -0.4 is 14.8 Å². The number of methoxy groups -OCH3 is 1. The molecule has 0 saturated carbocycles. The molecule has 34 heavy (non-hydrogen) atoms. The number of nitrogens with zero attached hydrogens (tertiary/aromatic N) is 2. The van der Waals surface area contributed by atoms with Gasteiger partial charge in [0.2, 0.25) is 0 Å². The standard InChI is InChI=1S/C24H18BrN3O5S/c1-32-20-8-6-18(7-9-20)26-24-27-23(29)22(34-24)13-16-12-17(25)5-10-21(16)33-14-15-3-2-4-19(11-15)28(30)31/h2-13H,14H2,1H3,(H,26,27,29)/b22-13+. The third-order valence-electron chi connectivity index (χ3n) is 4.73. The smallest absolute Gasteiger partial charge is 0.269 e. The molecule has 1 saturated heterocycles. The third-order valence-corrected chi connectivity index (χ3v) is 6.13. The molecule has 0 spiro atoms. The van der Waals surface area contributed by atoms with E-state index in [0.29, 0.717) is 32.6 Å². The van der Waals surface area contributed by atoms with E-state index in [-0.39, 0.29) is 18.2 Å². The van der Waals surface area contributed by atoms with Crippen LogP contribution in [0.5, 0.6) is 11.5 Å². The summed E-state index contributed by atoms with van der Waals surface area (Å²) < 4.78 is 11.9. The van der Waals surface area contributed by atoms with Crippen LogP contribution in [0.1, 0.15) is 11.1 Å². The van der Waals surface area contributed by atoms with Crippen molar-refractivity contribution in [3.05, 3.63) is 97.3 Å². The molecule has 10 heteroatoms. The van der Waals surface area contributed by atoms with Crippen LogP contribution in [0.2, 0.25) is 0 Å². The summed E-state index contributed by atoms with van der Waals surface area (Å²) in [5.41, 5.74) is 2.04. The number of ether oxygens (including phenoxy) is 2. The van der Waals surface area contributed by atoms with Gasteiger partial charge in [0.15, 0.2) is 5.17 Å². The van der Waals surface area contributed by atoms with Gasteiger partial charge in [-0.3, -0.25) is 14.9 Å². The van der Waals surface area contributed by atoms with Gasteiger partial charge < -0.3 is 14.8 Å². The van der Waals surface area contributed by atoms with Gasteiger partial charge in [0.1, 0.15) is 18.1 Å². The van der Waals surface area contributed by atoms with Gasteiger partial charge in [0.25, 0.3) is 11.6 Å². The lowest BCUT2D eigenvalue weighted by Gasteiger charge is -2.10. The number of nitrogens with one attached hydrogen (secondary N) is 1. The van der Waals surface area contributed by atoms with Gasteiger partial charge >= 0.3 is 0 Å². The van der Waals surface area contributed by atoms with E-state index >= 15 is 0 Å². The molecule has 1 heterocycles. The van der Waals surface area contributed by atoms with Crippen LogP contribution in [-0.4, -0.2) is 23.1 Å². The number of amidine groups is 1. The van der Waals surface area contributed by atoms with Crippen molar-refractivity contribution in [1.82, 2.24) is 5.32 Å². The fraction of sp³-hybridized carbons (Fsp3) is 0.0833. The minimum atomic E-state index is -0.444. The molecule has 1 aliphatic rings. The maximum absolute atomic E-state index is 12.5. The zero-order chi connectivity index (χ0) is 24.1. The number of carbonyl (C=O) groups excluding carboxylic acids is 1. The number of amides is 1. The van der Waals surface area contributed by atoms with Crippen LogP contribution in [0.25, 0.3) is 6.08 Å². The molecule has 172 valence electrons. The van der Waals surface area contributed by atoms with Crippen molar-refractivity contribution < 1.29 is 19.2 Å². The molecule has 0 bridgehead atoms. The van der Waals surface area contributed by atoms with Gasteiger partial charge in [-0.25, -0.2) is 4.99 Å². The second-order valence-electron chi connectivity index (χ2n) is 7.08. The molecular weight excluding hydrogens is 522 g/mol. The lowest BCUT2D eigenvalue weighted by atomic mass is 10.1. The summed E-state index contributed by atoms with van der Waals surface area (Å²) in [5.74, 6) is 0.998. The van der Waals surface area contributed by atoms with E-state index in [1.807, 2.05) is 12.1 Å². The van der Waals surface area contributed by atoms with Crippen molar-refractivity contribution in [3.63, 3.8) is 0 Å². The molecule has 0 aromatic heterocycles. The summed E-state index contributed by atoms with van der Waals surface area (Å²) >= 11 is 4.68. The van der Waals surface area contributed by atoms with E-state index in [1.54, 1.807) is 55.7 Å². The first-order valence-electron chi connectivity index (χ1n) is 10.0. The fourth-order valence-corrected chi connectivity index (χ4v) is 4.29. The number of aliphatic imine (C=N–C) groups is 1. The molecule has 3 aromatic carbocycles. The van der Waals surface area contributed by atoms with Crippen LogP contribution in [0.4, 0.5) is 11.4 Å². The SMILES string of the molecule is COc1ccc(N=C2NC(=O)/C(=C\c3cc(Br)ccc3OCc3cccc([N+](=O)[O-])c3)S2)cc1. The second-order valence-corrected chi connectivity index (χ2v) is 9.02. The maximum atomic E-state index is 12.5. The third kappa shape index (κ3) is 5.83. The second kappa shape index (κ2) is 10.5. The van der Waals surface area contributed by atoms with E-state index < -0.39 is 4.92 Å². The van der Waals surface area contributed by atoms with E-state index in [9.17, 15) is 14.9 Å². The summed E-state index contributed by atoms with van der Waals surface area (Å²) in [4.78, 5) is 28.0. The lowest BCUT2D eigenvalue weighted by Crippen LogP contribution is -2.19. The highest BCUT2D eigenvalue weighted by Gasteiger charge is 2.24. The Labute approximate surface area is 208 Å². The minimum absolute atomic E-state index is 0.00181. The lowest BCUT2D eigenvalue weighted by molar-refractivity contribution is -0.384. The summed E-state index contributed by atoms with van der Waals surface area (Å²) in [6.07, 6.45) is 1.73. The summed E-state index contributed by atoms with van der Waals surface area (Å²) in [6.45, 7) is 0.142. The number of carbonyl (C=O) groups is 1. The van der Waals surface area contributed by atoms with Gasteiger partial charge in [-0.2, -0.15) is 0 Å². The Morgan fingerprint density at radius 1 is 1.15 bits per heavy atom. The van der Waals surface area contributed by atoms with Gasteiger partial charge in [0.05, 0.1) is 22.6 Å². The van der Waals surface area contributed by atoms with Gasteiger partial charge in [-0.15, -0.1) is 0 Å².